The van der Waals surface area contributed by atoms with Crippen LogP contribution in [0.25, 0.3) is 0 Å². The van der Waals surface area contributed by atoms with Gasteiger partial charge in [-0.3, -0.25) is 14.9 Å². The quantitative estimate of drug-likeness (QED) is 0.859. The molecule has 0 aromatic heterocycles. The average molecular weight is 275 g/mol. The SMILES string of the molecule is COc1ccc(CC2CCC(=O)NC2=O)cc1C(C)C. The van der Waals surface area contributed by atoms with Crippen molar-refractivity contribution < 1.29 is 14.3 Å². The van der Waals surface area contributed by atoms with Gasteiger partial charge in [-0.25, -0.2) is 0 Å². The highest BCUT2D eigenvalue weighted by Gasteiger charge is 2.26. The molecule has 0 saturated carbocycles. The van der Waals surface area contributed by atoms with Crippen molar-refractivity contribution in [1.82, 2.24) is 5.32 Å². The summed E-state index contributed by atoms with van der Waals surface area (Å²) in [4.78, 5) is 22.9. The number of benzene rings is 1. The average Bonchev–Trinajstić information content (AvgIpc) is 2.41. The van der Waals surface area contributed by atoms with Gasteiger partial charge in [0.25, 0.3) is 0 Å². The van der Waals surface area contributed by atoms with Crippen LogP contribution in [0.1, 0.15) is 43.7 Å². The van der Waals surface area contributed by atoms with Gasteiger partial charge >= 0.3 is 0 Å². The molecule has 1 aliphatic heterocycles. The van der Waals surface area contributed by atoms with Gasteiger partial charge in [0.1, 0.15) is 5.75 Å². The van der Waals surface area contributed by atoms with Crippen molar-refractivity contribution in [2.24, 2.45) is 5.92 Å². The molecule has 4 nitrogen and oxygen atoms in total. The van der Waals surface area contributed by atoms with Crippen LogP contribution in [0.2, 0.25) is 0 Å². The monoisotopic (exact) mass is 275 g/mol. The van der Waals surface area contributed by atoms with E-state index in [1.807, 2.05) is 12.1 Å². The number of nitrogens with one attached hydrogen (secondary N) is 1. The molecule has 0 radical (unpaired) electrons. The van der Waals surface area contributed by atoms with E-state index in [9.17, 15) is 9.59 Å². The number of methoxy groups -OCH3 is 1. The summed E-state index contributed by atoms with van der Waals surface area (Å²) in [5.74, 6) is 0.826. The molecule has 1 aliphatic rings. The molecule has 20 heavy (non-hydrogen) atoms. The maximum absolute atomic E-state index is 11.8. The molecule has 2 amide bonds. The normalized spacial score (nSPS) is 19.1. The van der Waals surface area contributed by atoms with Crippen molar-refractivity contribution in [2.45, 2.75) is 39.0 Å². The molecule has 0 spiro atoms. The van der Waals surface area contributed by atoms with E-state index >= 15 is 0 Å². The van der Waals surface area contributed by atoms with Gasteiger partial charge in [0, 0.05) is 12.3 Å². The van der Waals surface area contributed by atoms with Crippen LogP contribution in [0.3, 0.4) is 0 Å². The van der Waals surface area contributed by atoms with E-state index in [1.54, 1.807) is 7.11 Å². The van der Waals surface area contributed by atoms with Crippen LogP contribution in [-0.2, 0) is 16.0 Å². The first kappa shape index (κ1) is 14.6. The van der Waals surface area contributed by atoms with Crippen molar-refractivity contribution >= 4 is 11.8 Å². The molecule has 1 saturated heterocycles. The summed E-state index contributed by atoms with van der Waals surface area (Å²) in [6, 6.07) is 6.05. The standard InChI is InChI=1S/C16H21NO3/c1-10(2)13-9-11(4-6-14(13)20-3)8-12-5-7-15(18)17-16(12)19/h4,6,9-10,12H,5,7-8H2,1-3H3,(H,17,18,19). The van der Waals surface area contributed by atoms with E-state index < -0.39 is 0 Å². The topological polar surface area (TPSA) is 55.4 Å². The van der Waals surface area contributed by atoms with Crippen molar-refractivity contribution in [2.75, 3.05) is 7.11 Å². The van der Waals surface area contributed by atoms with Crippen LogP contribution in [-0.4, -0.2) is 18.9 Å². The van der Waals surface area contributed by atoms with E-state index in [1.165, 1.54) is 0 Å². The molecule has 0 aliphatic carbocycles. The van der Waals surface area contributed by atoms with Gasteiger partial charge in [-0.05, 0) is 36.0 Å². The van der Waals surface area contributed by atoms with Crippen molar-refractivity contribution in [3.05, 3.63) is 29.3 Å². The van der Waals surface area contributed by atoms with Crippen LogP contribution in [0.4, 0.5) is 0 Å². The minimum Gasteiger partial charge on any atom is -0.496 e. The minimum atomic E-state index is -0.163. The molecule has 1 fully saturated rings. The van der Waals surface area contributed by atoms with Crippen LogP contribution in [0, 0.1) is 5.92 Å². The van der Waals surface area contributed by atoms with Gasteiger partial charge in [0.15, 0.2) is 0 Å². The number of carbonyl (C=O) groups is 2. The number of imide groups is 1. The number of hydrogen-bond acceptors (Lipinski definition) is 3. The van der Waals surface area contributed by atoms with Crippen molar-refractivity contribution in [1.29, 1.82) is 0 Å². The van der Waals surface area contributed by atoms with E-state index in [0.717, 1.165) is 16.9 Å². The van der Waals surface area contributed by atoms with Gasteiger partial charge < -0.3 is 4.74 Å². The molecular formula is C16H21NO3. The summed E-state index contributed by atoms with van der Waals surface area (Å²) in [5, 5.41) is 2.41. The highest BCUT2D eigenvalue weighted by Crippen LogP contribution is 2.29. The maximum Gasteiger partial charge on any atom is 0.230 e. The van der Waals surface area contributed by atoms with Gasteiger partial charge in [-0.1, -0.05) is 26.0 Å². The molecule has 1 aromatic carbocycles. The van der Waals surface area contributed by atoms with Gasteiger partial charge in [-0.15, -0.1) is 0 Å². The number of rotatable bonds is 4. The second-order valence-electron chi connectivity index (χ2n) is 5.58. The minimum absolute atomic E-state index is 0.110. The summed E-state index contributed by atoms with van der Waals surface area (Å²) in [6.45, 7) is 4.24. The first-order chi connectivity index (χ1) is 9.51. The molecule has 4 heteroatoms. The molecule has 1 aromatic rings. The van der Waals surface area contributed by atoms with Crippen LogP contribution in [0.15, 0.2) is 18.2 Å². The van der Waals surface area contributed by atoms with E-state index in [4.69, 9.17) is 4.74 Å². The third-order valence-corrected chi connectivity index (χ3v) is 3.75. The molecule has 2 rings (SSSR count). The fraction of sp³-hybridized carbons (Fsp3) is 0.500. The molecule has 1 N–H and O–H groups in total. The van der Waals surface area contributed by atoms with Crippen LogP contribution in [0.5, 0.6) is 5.75 Å². The van der Waals surface area contributed by atoms with Crippen molar-refractivity contribution in [3.63, 3.8) is 0 Å². The third kappa shape index (κ3) is 3.18. The van der Waals surface area contributed by atoms with Gasteiger partial charge in [0.2, 0.25) is 11.8 Å². The summed E-state index contributed by atoms with van der Waals surface area (Å²) in [6.07, 6.45) is 1.74. The Morgan fingerprint density at radius 2 is 2.10 bits per heavy atom. The number of ether oxygens (including phenoxy) is 1. The van der Waals surface area contributed by atoms with E-state index in [2.05, 4.69) is 25.2 Å². The Hall–Kier alpha value is -1.84. The third-order valence-electron chi connectivity index (χ3n) is 3.75. The maximum atomic E-state index is 11.8. The zero-order chi connectivity index (χ0) is 14.7. The lowest BCUT2D eigenvalue weighted by Crippen LogP contribution is -2.41. The Labute approximate surface area is 119 Å². The van der Waals surface area contributed by atoms with E-state index in [0.29, 0.717) is 25.2 Å². The Morgan fingerprint density at radius 1 is 1.35 bits per heavy atom. The predicted molar refractivity (Wildman–Crippen MR) is 76.7 cm³/mol. The molecule has 0 bridgehead atoms. The predicted octanol–water partition coefficient (Wildman–Crippen LogP) is 2.41. The largest absolute Gasteiger partial charge is 0.496 e. The number of amides is 2. The number of hydrogen-bond donors (Lipinski definition) is 1. The zero-order valence-electron chi connectivity index (χ0n) is 12.2. The first-order valence-electron chi connectivity index (χ1n) is 7.01. The van der Waals surface area contributed by atoms with Gasteiger partial charge in [0.05, 0.1) is 7.11 Å². The highest BCUT2D eigenvalue weighted by atomic mass is 16.5. The Morgan fingerprint density at radius 3 is 2.70 bits per heavy atom. The Bertz CT molecular complexity index is 522. The lowest BCUT2D eigenvalue weighted by Gasteiger charge is -2.21. The molecule has 1 heterocycles. The summed E-state index contributed by atoms with van der Waals surface area (Å²) >= 11 is 0. The fourth-order valence-electron chi connectivity index (χ4n) is 2.58. The first-order valence-corrected chi connectivity index (χ1v) is 7.01. The summed E-state index contributed by atoms with van der Waals surface area (Å²) < 4.78 is 5.36. The highest BCUT2D eigenvalue weighted by molar-refractivity contribution is 5.98. The molecule has 1 atom stereocenters. The lowest BCUT2D eigenvalue weighted by atomic mass is 9.89. The zero-order valence-corrected chi connectivity index (χ0v) is 12.2. The Balaban J connectivity index is 2.15. The molecular weight excluding hydrogens is 254 g/mol. The number of piperidine rings is 1. The summed E-state index contributed by atoms with van der Waals surface area (Å²) in [7, 11) is 1.67. The van der Waals surface area contributed by atoms with Crippen LogP contribution >= 0.6 is 0 Å². The second kappa shape index (κ2) is 6.07. The van der Waals surface area contributed by atoms with Crippen molar-refractivity contribution in [3.8, 4) is 5.75 Å². The lowest BCUT2D eigenvalue weighted by molar-refractivity contribution is -0.136. The Kier molecular flexibility index (Phi) is 4.42. The summed E-state index contributed by atoms with van der Waals surface area (Å²) in [5.41, 5.74) is 2.27. The molecule has 108 valence electrons. The fourth-order valence-corrected chi connectivity index (χ4v) is 2.58. The smallest absolute Gasteiger partial charge is 0.230 e. The van der Waals surface area contributed by atoms with Gasteiger partial charge in [-0.2, -0.15) is 0 Å². The molecule has 1 unspecified atom stereocenters. The van der Waals surface area contributed by atoms with Crippen LogP contribution < -0.4 is 10.1 Å². The second-order valence-corrected chi connectivity index (χ2v) is 5.58. The van der Waals surface area contributed by atoms with E-state index in [-0.39, 0.29) is 17.7 Å². The number of carbonyl (C=O) groups excluding carboxylic acids is 2.